The van der Waals surface area contributed by atoms with E-state index >= 15 is 0 Å². The molecule has 0 radical (unpaired) electrons. The Bertz CT molecular complexity index is 1110. The fraction of sp³-hybridized carbons (Fsp3) is 0.100. The molecule has 0 fully saturated rings. The Labute approximate surface area is 181 Å². The number of nitrogens with zero attached hydrogens (tertiary/aromatic N) is 4. The fourth-order valence-electron chi connectivity index (χ4n) is 2.66. The van der Waals surface area contributed by atoms with Gasteiger partial charge in [0.2, 0.25) is 11.1 Å². The highest BCUT2D eigenvalue weighted by atomic mass is 35.5. The van der Waals surface area contributed by atoms with Crippen LogP contribution in [0, 0.1) is 0 Å². The van der Waals surface area contributed by atoms with E-state index in [0.717, 1.165) is 16.9 Å². The van der Waals surface area contributed by atoms with Crippen molar-refractivity contribution in [2.24, 2.45) is 0 Å². The van der Waals surface area contributed by atoms with Crippen molar-refractivity contribution in [1.82, 2.24) is 20.2 Å². The first-order chi connectivity index (χ1) is 14.1. The van der Waals surface area contributed by atoms with Gasteiger partial charge in [-0.3, -0.25) is 14.8 Å². The van der Waals surface area contributed by atoms with Crippen molar-refractivity contribution in [2.45, 2.75) is 17.8 Å². The van der Waals surface area contributed by atoms with Crippen molar-refractivity contribution in [2.75, 3.05) is 4.90 Å². The molecule has 2 heterocycles. The number of thioether (sulfide) groups is 1. The van der Waals surface area contributed by atoms with E-state index in [9.17, 15) is 4.79 Å². The third-order valence-corrected chi connectivity index (χ3v) is 6.00. The maximum absolute atomic E-state index is 12.1. The lowest BCUT2D eigenvalue weighted by atomic mass is 10.2. The number of hydrogen-bond donors (Lipinski definition) is 1. The van der Waals surface area contributed by atoms with E-state index in [4.69, 9.17) is 11.6 Å². The largest absolute Gasteiger partial charge is 0.274 e. The number of carbonyl (C=O) groups is 1. The van der Waals surface area contributed by atoms with Crippen molar-refractivity contribution in [3.05, 3.63) is 70.7 Å². The minimum Gasteiger partial charge on any atom is -0.274 e. The number of halogens is 1. The average Bonchev–Trinajstić information content (AvgIpc) is 3.37. The Morgan fingerprint density at radius 2 is 1.90 bits per heavy atom. The SMILES string of the molecule is CC(=O)N(c1ccccc1)c1nc(CSc2n[nH]c(-c3ccc(Cl)cc3)n2)cs1. The van der Waals surface area contributed by atoms with Gasteiger partial charge in [0.25, 0.3) is 0 Å². The average molecular weight is 442 g/mol. The standard InChI is InChI=1S/C20H16ClN5OS2/c1-13(27)26(17-5-3-2-4-6-17)20-22-16(12-29-20)11-28-19-23-18(24-25-19)14-7-9-15(21)10-8-14/h2-10,12H,11H2,1H3,(H,23,24,25). The Morgan fingerprint density at radius 1 is 1.14 bits per heavy atom. The van der Waals surface area contributed by atoms with Crippen LogP contribution in [-0.2, 0) is 10.5 Å². The summed E-state index contributed by atoms with van der Waals surface area (Å²) in [5, 5.41) is 11.1. The van der Waals surface area contributed by atoms with Gasteiger partial charge in [-0.25, -0.2) is 9.97 Å². The highest BCUT2D eigenvalue weighted by Gasteiger charge is 2.18. The van der Waals surface area contributed by atoms with E-state index in [-0.39, 0.29) is 5.91 Å². The van der Waals surface area contributed by atoms with Crippen LogP contribution < -0.4 is 4.90 Å². The van der Waals surface area contributed by atoms with Gasteiger partial charge in [-0.15, -0.1) is 16.4 Å². The number of hydrogen-bond acceptors (Lipinski definition) is 6. The lowest BCUT2D eigenvalue weighted by Gasteiger charge is -2.17. The summed E-state index contributed by atoms with van der Waals surface area (Å²) in [5.74, 6) is 1.22. The van der Waals surface area contributed by atoms with Gasteiger partial charge >= 0.3 is 0 Å². The molecule has 0 unspecified atom stereocenters. The number of anilines is 2. The number of aromatic nitrogens is 4. The second-order valence-corrected chi connectivity index (χ2v) is 8.29. The van der Waals surface area contributed by atoms with Crippen molar-refractivity contribution in [3.8, 4) is 11.4 Å². The van der Waals surface area contributed by atoms with E-state index in [1.165, 1.54) is 30.0 Å². The Kier molecular flexibility index (Phi) is 5.94. The van der Waals surface area contributed by atoms with Gasteiger partial charge in [-0.1, -0.05) is 41.6 Å². The summed E-state index contributed by atoms with van der Waals surface area (Å²) < 4.78 is 0. The monoisotopic (exact) mass is 441 g/mol. The van der Waals surface area contributed by atoms with Crippen LogP contribution in [0.25, 0.3) is 11.4 Å². The van der Waals surface area contributed by atoms with Gasteiger partial charge in [0, 0.05) is 28.6 Å². The van der Waals surface area contributed by atoms with Crippen LogP contribution in [0.4, 0.5) is 10.8 Å². The third kappa shape index (κ3) is 4.67. The zero-order chi connectivity index (χ0) is 20.2. The molecule has 2 aromatic heterocycles. The highest BCUT2D eigenvalue weighted by molar-refractivity contribution is 7.98. The van der Waals surface area contributed by atoms with Gasteiger partial charge in [0.15, 0.2) is 11.0 Å². The van der Waals surface area contributed by atoms with Crippen molar-refractivity contribution < 1.29 is 4.79 Å². The van der Waals surface area contributed by atoms with Crippen LogP contribution in [0.15, 0.2) is 65.1 Å². The second kappa shape index (κ2) is 8.77. The molecule has 0 aliphatic rings. The molecular weight excluding hydrogens is 426 g/mol. The third-order valence-electron chi connectivity index (χ3n) is 3.99. The first kappa shape index (κ1) is 19.6. The molecule has 6 nitrogen and oxygen atoms in total. The molecule has 0 saturated heterocycles. The molecule has 1 amide bonds. The smallest absolute Gasteiger partial charge is 0.230 e. The van der Waals surface area contributed by atoms with Gasteiger partial charge in [0.05, 0.1) is 11.4 Å². The zero-order valence-corrected chi connectivity index (χ0v) is 17.8. The predicted molar refractivity (Wildman–Crippen MR) is 118 cm³/mol. The molecule has 0 aliphatic heterocycles. The first-order valence-corrected chi connectivity index (χ1v) is 11.0. The van der Waals surface area contributed by atoms with E-state index in [0.29, 0.717) is 26.9 Å². The zero-order valence-electron chi connectivity index (χ0n) is 15.4. The quantitative estimate of drug-likeness (QED) is 0.396. The van der Waals surface area contributed by atoms with Crippen molar-refractivity contribution in [3.63, 3.8) is 0 Å². The second-order valence-electron chi connectivity index (χ2n) is 6.07. The van der Waals surface area contributed by atoms with Crippen molar-refractivity contribution in [1.29, 1.82) is 0 Å². The molecule has 1 N–H and O–H groups in total. The van der Waals surface area contributed by atoms with Crippen LogP contribution >= 0.6 is 34.7 Å². The summed E-state index contributed by atoms with van der Waals surface area (Å²) in [6.45, 7) is 1.54. The van der Waals surface area contributed by atoms with Crippen molar-refractivity contribution >= 4 is 51.4 Å². The molecule has 0 aliphatic carbocycles. The van der Waals surface area contributed by atoms with E-state index < -0.39 is 0 Å². The maximum Gasteiger partial charge on any atom is 0.230 e. The molecule has 0 bridgehead atoms. The Morgan fingerprint density at radius 3 is 2.62 bits per heavy atom. The summed E-state index contributed by atoms with van der Waals surface area (Å²) in [4.78, 5) is 22.9. The molecule has 9 heteroatoms. The minimum absolute atomic E-state index is 0.0775. The van der Waals surface area contributed by atoms with Gasteiger partial charge in [-0.05, 0) is 36.4 Å². The van der Waals surface area contributed by atoms with Gasteiger partial charge in [0.1, 0.15) is 0 Å². The molecule has 4 rings (SSSR count). The molecule has 29 heavy (non-hydrogen) atoms. The van der Waals surface area contributed by atoms with Crippen LogP contribution in [0.5, 0.6) is 0 Å². The number of para-hydroxylation sites is 1. The molecular formula is C20H16ClN5OS2. The number of amides is 1. The van der Waals surface area contributed by atoms with E-state index in [1.807, 2.05) is 60.0 Å². The number of benzene rings is 2. The van der Waals surface area contributed by atoms with Gasteiger partial charge in [-0.2, -0.15) is 0 Å². The predicted octanol–water partition coefficient (Wildman–Crippen LogP) is 5.56. The number of H-pyrrole nitrogens is 1. The number of thiazole rings is 1. The summed E-state index contributed by atoms with van der Waals surface area (Å²) in [7, 11) is 0. The Balaban J connectivity index is 1.44. The lowest BCUT2D eigenvalue weighted by molar-refractivity contribution is -0.115. The maximum atomic E-state index is 12.1. The molecule has 0 saturated carbocycles. The summed E-state index contributed by atoms with van der Waals surface area (Å²) in [6, 6.07) is 16.9. The van der Waals surface area contributed by atoms with Crippen LogP contribution in [-0.4, -0.2) is 26.1 Å². The Hall–Kier alpha value is -2.68. The van der Waals surface area contributed by atoms with E-state index in [1.54, 1.807) is 4.90 Å². The molecule has 4 aromatic rings. The van der Waals surface area contributed by atoms with Crippen LogP contribution in [0.1, 0.15) is 12.6 Å². The summed E-state index contributed by atoms with van der Waals surface area (Å²) in [6.07, 6.45) is 0. The number of rotatable bonds is 6. The van der Waals surface area contributed by atoms with Crippen LogP contribution in [0.3, 0.4) is 0 Å². The number of nitrogens with one attached hydrogen (secondary N) is 1. The molecule has 0 atom stereocenters. The van der Waals surface area contributed by atoms with Gasteiger partial charge < -0.3 is 0 Å². The fourth-order valence-corrected chi connectivity index (χ4v) is 4.46. The first-order valence-electron chi connectivity index (χ1n) is 8.71. The minimum atomic E-state index is -0.0775. The summed E-state index contributed by atoms with van der Waals surface area (Å²) in [5.41, 5.74) is 2.59. The van der Waals surface area contributed by atoms with E-state index in [2.05, 4.69) is 20.2 Å². The lowest BCUT2D eigenvalue weighted by Crippen LogP contribution is -2.22. The normalized spacial score (nSPS) is 10.8. The highest BCUT2D eigenvalue weighted by Crippen LogP contribution is 2.31. The molecule has 0 spiro atoms. The number of carbonyl (C=O) groups excluding carboxylic acids is 1. The topological polar surface area (TPSA) is 74.8 Å². The molecule has 146 valence electrons. The molecule has 2 aromatic carbocycles. The number of aromatic amines is 1. The van der Waals surface area contributed by atoms with Crippen LogP contribution in [0.2, 0.25) is 5.02 Å². The summed E-state index contributed by atoms with van der Waals surface area (Å²) >= 11 is 8.85.